The molecule has 16 heavy (non-hydrogen) atoms. The van der Waals surface area contributed by atoms with Crippen LogP contribution in [0.5, 0.6) is 0 Å². The predicted octanol–water partition coefficient (Wildman–Crippen LogP) is 2.60. The minimum Gasteiger partial charge on any atom is -0.490 e. The van der Waals surface area contributed by atoms with Gasteiger partial charge in [0, 0.05) is 7.11 Å². The molecule has 2 aliphatic rings. The zero-order valence-corrected chi connectivity index (χ0v) is 9.96. The first kappa shape index (κ1) is 11.6. The normalized spacial score (nSPS) is 24.4. The number of carbonyl (C=O) groups excluding carboxylic acids is 1. The largest absolute Gasteiger partial charge is 0.490 e. The van der Waals surface area contributed by atoms with Gasteiger partial charge >= 0.3 is 0 Å². The first-order chi connectivity index (χ1) is 7.78. The Labute approximate surface area is 96.8 Å². The summed E-state index contributed by atoms with van der Waals surface area (Å²) >= 11 is 0. The van der Waals surface area contributed by atoms with Crippen LogP contribution in [0.2, 0.25) is 0 Å². The highest BCUT2D eigenvalue weighted by atomic mass is 16.5. The first-order valence-electron chi connectivity index (χ1n) is 6.21. The summed E-state index contributed by atoms with van der Waals surface area (Å²) in [6.45, 7) is 0.664. The van der Waals surface area contributed by atoms with E-state index >= 15 is 0 Å². The summed E-state index contributed by atoms with van der Waals surface area (Å²) in [4.78, 5) is 12.4. The van der Waals surface area contributed by atoms with Crippen molar-refractivity contribution in [3.05, 3.63) is 11.8 Å². The molecule has 1 aliphatic heterocycles. The third kappa shape index (κ3) is 2.14. The molecule has 0 amide bonds. The molecule has 1 heterocycles. The second-order valence-electron chi connectivity index (χ2n) is 4.65. The van der Waals surface area contributed by atoms with E-state index in [1.165, 1.54) is 6.42 Å². The lowest BCUT2D eigenvalue weighted by atomic mass is 9.80. The molecule has 0 bridgehead atoms. The average molecular weight is 224 g/mol. The van der Waals surface area contributed by atoms with Gasteiger partial charge in [-0.05, 0) is 31.8 Å². The van der Waals surface area contributed by atoms with E-state index in [9.17, 15) is 4.79 Å². The van der Waals surface area contributed by atoms with Crippen LogP contribution in [0.3, 0.4) is 0 Å². The molecule has 1 fully saturated rings. The van der Waals surface area contributed by atoms with Gasteiger partial charge in [-0.3, -0.25) is 4.79 Å². The standard InChI is InChI=1S/C13H20O3/c1-15-13(8-4-2-5-9-13)12(14)11-7-3-6-10-16-11/h7H,2-6,8-10H2,1H3. The van der Waals surface area contributed by atoms with E-state index in [1.807, 2.05) is 6.08 Å². The van der Waals surface area contributed by atoms with E-state index in [-0.39, 0.29) is 5.78 Å². The average Bonchev–Trinajstić information content (AvgIpc) is 2.39. The Balaban J connectivity index is 2.13. The van der Waals surface area contributed by atoms with E-state index < -0.39 is 5.60 Å². The fourth-order valence-electron chi connectivity index (χ4n) is 2.59. The molecule has 0 aromatic rings. The molecule has 1 saturated carbocycles. The quantitative estimate of drug-likeness (QED) is 0.739. The van der Waals surface area contributed by atoms with Crippen LogP contribution in [-0.2, 0) is 14.3 Å². The maximum atomic E-state index is 12.4. The Morgan fingerprint density at radius 1 is 1.31 bits per heavy atom. The number of rotatable bonds is 3. The van der Waals surface area contributed by atoms with E-state index in [0.29, 0.717) is 12.4 Å². The number of carbonyl (C=O) groups is 1. The van der Waals surface area contributed by atoms with Gasteiger partial charge in [-0.2, -0.15) is 0 Å². The van der Waals surface area contributed by atoms with Crippen molar-refractivity contribution in [1.29, 1.82) is 0 Å². The number of allylic oxidation sites excluding steroid dienone is 1. The predicted molar refractivity (Wildman–Crippen MR) is 61.1 cm³/mol. The molecule has 0 N–H and O–H groups in total. The fraction of sp³-hybridized carbons (Fsp3) is 0.769. The van der Waals surface area contributed by atoms with Crippen molar-refractivity contribution in [2.24, 2.45) is 0 Å². The summed E-state index contributed by atoms with van der Waals surface area (Å²) in [6.07, 6.45) is 8.91. The Bertz CT molecular complexity index is 288. The number of Topliss-reactive ketones (excluding diaryl/α,β-unsaturated/α-hetero) is 1. The molecule has 90 valence electrons. The smallest absolute Gasteiger partial charge is 0.228 e. The van der Waals surface area contributed by atoms with E-state index in [0.717, 1.165) is 38.5 Å². The van der Waals surface area contributed by atoms with Crippen molar-refractivity contribution in [3.8, 4) is 0 Å². The topological polar surface area (TPSA) is 35.5 Å². The number of methoxy groups -OCH3 is 1. The Morgan fingerprint density at radius 3 is 2.62 bits per heavy atom. The van der Waals surface area contributed by atoms with Crippen molar-refractivity contribution in [2.75, 3.05) is 13.7 Å². The second kappa shape index (κ2) is 5.00. The van der Waals surface area contributed by atoms with Crippen molar-refractivity contribution in [3.63, 3.8) is 0 Å². The van der Waals surface area contributed by atoms with Gasteiger partial charge < -0.3 is 9.47 Å². The van der Waals surface area contributed by atoms with Crippen LogP contribution >= 0.6 is 0 Å². The first-order valence-corrected chi connectivity index (χ1v) is 6.21. The SMILES string of the molecule is COC1(C(=O)C2=CCCCO2)CCCCC1. The summed E-state index contributed by atoms with van der Waals surface area (Å²) in [5.41, 5.74) is -0.596. The molecular formula is C13H20O3. The molecule has 3 nitrogen and oxygen atoms in total. The van der Waals surface area contributed by atoms with Crippen LogP contribution in [0.4, 0.5) is 0 Å². The maximum absolute atomic E-state index is 12.4. The summed E-state index contributed by atoms with van der Waals surface area (Å²) in [5, 5.41) is 0. The van der Waals surface area contributed by atoms with Gasteiger partial charge in [0.25, 0.3) is 0 Å². The molecule has 0 atom stereocenters. The summed E-state index contributed by atoms with van der Waals surface area (Å²) in [5.74, 6) is 0.601. The van der Waals surface area contributed by atoms with Crippen molar-refractivity contribution in [1.82, 2.24) is 0 Å². The monoisotopic (exact) mass is 224 g/mol. The highest BCUT2D eigenvalue weighted by Gasteiger charge is 2.42. The van der Waals surface area contributed by atoms with Crippen LogP contribution in [0.15, 0.2) is 11.8 Å². The van der Waals surface area contributed by atoms with Gasteiger partial charge in [-0.1, -0.05) is 19.3 Å². The maximum Gasteiger partial charge on any atom is 0.228 e. The molecule has 0 unspecified atom stereocenters. The zero-order valence-electron chi connectivity index (χ0n) is 9.96. The van der Waals surface area contributed by atoms with Crippen LogP contribution in [0.25, 0.3) is 0 Å². The zero-order chi connectivity index (χ0) is 11.4. The molecule has 0 saturated heterocycles. The lowest BCUT2D eigenvalue weighted by Gasteiger charge is -2.35. The minimum atomic E-state index is -0.596. The fourth-order valence-corrected chi connectivity index (χ4v) is 2.59. The lowest BCUT2D eigenvalue weighted by Crippen LogP contribution is -2.44. The molecule has 1 aliphatic carbocycles. The molecular weight excluding hydrogens is 204 g/mol. The Hall–Kier alpha value is -0.830. The Kier molecular flexibility index (Phi) is 3.64. The lowest BCUT2D eigenvalue weighted by molar-refractivity contribution is -0.144. The van der Waals surface area contributed by atoms with Crippen LogP contribution in [0, 0.1) is 0 Å². The van der Waals surface area contributed by atoms with Crippen LogP contribution in [-0.4, -0.2) is 25.1 Å². The second-order valence-corrected chi connectivity index (χ2v) is 4.65. The van der Waals surface area contributed by atoms with Gasteiger partial charge in [-0.25, -0.2) is 0 Å². The van der Waals surface area contributed by atoms with Crippen LogP contribution < -0.4 is 0 Å². The molecule has 0 aromatic carbocycles. The molecule has 3 heteroatoms. The van der Waals surface area contributed by atoms with E-state index in [4.69, 9.17) is 9.47 Å². The summed E-state index contributed by atoms with van der Waals surface area (Å²) in [7, 11) is 1.65. The van der Waals surface area contributed by atoms with E-state index in [2.05, 4.69) is 0 Å². The van der Waals surface area contributed by atoms with Gasteiger partial charge in [0.1, 0.15) is 5.60 Å². The van der Waals surface area contributed by atoms with Gasteiger partial charge in [0.2, 0.25) is 5.78 Å². The molecule has 2 rings (SSSR count). The highest BCUT2D eigenvalue weighted by molar-refractivity contribution is 6.00. The van der Waals surface area contributed by atoms with Gasteiger partial charge in [-0.15, -0.1) is 0 Å². The molecule has 0 aromatic heterocycles. The number of hydrogen-bond acceptors (Lipinski definition) is 3. The van der Waals surface area contributed by atoms with Gasteiger partial charge in [0.15, 0.2) is 5.76 Å². The van der Waals surface area contributed by atoms with Crippen molar-refractivity contribution in [2.45, 2.75) is 50.5 Å². The minimum absolute atomic E-state index is 0.0643. The van der Waals surface area contributed by atoms with E-state index in [1.54, 1.807) is 7.11 Å². The summed E-state index contributed by atoms with van der Waals surface area (Å²) < 4.78 is 11.0. The van der Waals surface area contributed by atoms with Gasteiger partial charge in [0.05, 0.1) is 6.61 Å². The number of ether oxygens (including phenoxy) is 2. The number of ketones is 1. The molecule has 0 radical (unpaired) electrons. The van der Waals surface area contributed by atoms with Crippen molar-refractivity contribution < 1.29 is 14.3 Å². The third-order valence-electron chi connectivity index (χ3n) is 3.63. The summed E-state index contributed by atoms with van der Waals surface area (Å²) in [6, 6.07) is 0. The Morgan fingerprint density at radius 2 is 2.06 bits per heavy atom. The third-order valence-corrected chi connectivity index (χ3v) is 3.63. The highest BCUT2D eigenvalue weighted by Crippen LogP contribution is 2.34. The molecule has 0 spiro atoms. The van der Waals surface area contributed by atoms with Crippen LogP contribution in [0.1, 0.15) is 44.9 Å². The van der Waals surface area contributed by atoms with Crippen molar-refractivity contribution >= 4 is 5.78 Å². The number of hydrogen-bond donors (Lipinski definition) is 0.